The van der Waals surface area contributed by atoms with Gasteiger partial charge >= 0.3 is 0 Å². The molecule has 0 saturated heterocycles. The van der Waals surface area contributed by atoms with Crippen LogP contribution in [0.15, 0.2) is 24.3 Å². The van der Waals surface area contributed by atoms with E-state index in [0.29, 0.717) is 11.4 Å². The Kier molecular flexibility index (Phi) is 3.72. The monoisotopic (exact) mass is 266 g/mol. The van der Waals surface area contributed by atoms with Crippen LogP contribution in [0.4, 0.5) is 5.69 Å². The van der Waals surface area contributed by atoms with Crippen molar-refractivity contribution in [2.45, 2.75) is 12.8 Å². The fourth-order valence-corrected chi connectivity index (χ4v) is 3.13. The van der Waals surface area contributed by atoms with Gasteiger partial charge in [0.2, 0.25) is 10.0 Å². The van der Waals surface area contributed by atoms with Crippen LogP contribution in [0.5, 0.6) is 5.75 Å². The van der Waals surface area contributed by atoms with Gasteiger partial charge in [0.1, 0.15) is 11.8 Å². The first kappa shape index (κ1) is 12.7. The highest BCUT2D eigenvalue weighted by Gasteiger charge is 2.28. The van der Waals surface area contributed by atoms with Gasteiger partial charge in [0, 0.05) is 0 Å². The molecule has 0 heterocycles. The fraction of sp³-hybridized carbons (Fsp3) is 0.417. The van der Waals surface area contributed by atoms with Crippen molar-refractivity contribution in [3.8, 4) is 11.8 Å². The number of nitrogens with one attached hydrogen (secondary N) is 1. The molecule has 6 heteroatoms. The summed E-state index contributed by atoms with van der Waals surface area (Å²) in [5.74, 6) is 0.813. The van der Waals surface area contributed by atoms with Crippen LogP contribution in [0.25, 0.3) is 0 Å². The van der Waals surface area contributed by atoms with E-state index in [1.165, 1.54) is 0 Å². The molecule has 1 aliphatic rings. The van der Waals surface area contributed by atoms with E-state index in [0.717, 1.165) is 12.8 Å². The minimum atomic E-state index is -3.33. The largest absolute Gasteiger partial charge is 0.477 e. The molecule has 0 aliphatic heterocycles. The summed E-state index contributed by atoms with van der Waals surface area (Å²) in [5, 5.41) is 8.46. The fourth-order valence-electron chi connectivity index (χ4n) is 1.59. The molecule has 96 valence electrons. The third kappa shape index (κ3) is 3.64. The third-order valence-electron chi connectivity index (χ3n) is 2.60. The zero-order valence-corrected chi connectivity index (χ0v) is 10.6. The standard InChI is InChI=1S/C12H14N2O3S/c13-7-8-17-12-4-2-1-3-11(12)14-18(15,16)9-10-5-6-10/h1-4,10,14H,5-6,8-9H2. The van der Waals surface area contributed by atoms with Crippen molar-refractivity contribution in [3.63, 3.8) is 0 Å². The Labute approximate surface area is 106 Å². The maximum atomic E-state index is 11.8. The number of hydrogen-bond acceptors (Lipinski definition) is 4. The van der Waals surface area contributed by atoms with Gasteiger partial charge in [0.05, 0.1) is 11.4 Å². The summed E-state index contributed by atoms with van der Waals surface area (Å²) in [4.78, 5) is 0. The maximum absolute atomic E-state index is 11.8. The number of benzene rings is 1. The van der Waals surface area contributed by atoms with Crippen molar-refractivity contribution >= 4 is 15.7 Å². The van der Waals surface area contributed by atoms with Crippen LogP contribution >= 0.6 is 0 Å². The molecule has 18 heavy (non-hydrogen) atoms. The Morgan fingerprint density at radius 1 is 1.39 bits per heavy atom. The minimum absolute atomic E-state index is 0.110. The number of hydrogen-bond donors (Lipinski definition) is 1. The van der Waals surface area contributed by atoms with Gasteiger partial charge < -0.3 is 4.74 Å². The van der Waals surface area contributed by atoms with Crippen LogP contribution in [-0.2, 0) is 10.0 Å². The first-order chi connectivity index (χ1) is 8.61. The number of sulfonamides is 1. The molecule has 0 unspecified atom stereocenters. The highest BCUT2D eigenvalue weighted by atomic mass is 32.2. The number of ether oxygens (including phenoxy) is 1. The third-order valence-corrected chi connectivity index (χ3v) is 4.04. The summed E-state index contributed by atoms with van der Waals surface area (Å²) < 4.78 is 31.4. The molecule has 1 saturated carbocycles. The number of rotatable bonds is 6. The lowest BCUT2D eigenvalue weighted by Gasteiger charge is -2.11. The van der Waals surface area contributed by atoms with E-state index in [4.69, 9.17) is 10.00 Å². The summed E-state index contributed by atoms with van der Waals surface area (Å²) in [6, 6.07) is 8.55. The average Bonchev–Trinajstić information content (AvgIpc) is 3.10. The van der Waals surface area contributed by atoms with E-state index in [1.54, 1.807) is 24.3 Å². The SMILES string of the molecule is N#CCOc1ccccc1NS(=O)(=O)CC1CC1. The molecule has 1 aromatic rings. The van der Waals surface area contributed by atoms with E-state index in [-0.39, 0.29) is 18.3 Å². The van der Waals surface area contributed by atoms with Crippen LogP contribution < -0.4 is 9.46 Å². The van der Waals surface area contributed by atoms with Crippen molar-refractivity contribution in [2.75, 3.05) is 17.1 Å². The molecule has 0 atom stereocenters. The summed E-state index contributed by atoms with van der Waals surface area (Å²) >= 11 is 0. The van der Waals surface area contributed by atoms with Crippen LogP contribution in [0, 0.1) is 17.2 Å². The molecular weight excluding hydrogens is 252 g/mol. The Hall–Kier alpha value is -1.74. The van der Waals surface area contributed by atoms with Gasteiger partial charge in [-0.2, -0.15) is 5.26 Å². The Morgan fingerprint density at radius 2 is 2.11 bits per heavy atom. The molecule has 1 N–H and O–H groups in total. The van der Waals surface area contributed by atoms with E-state index < -0.39 is 10.0 Å². The zero-order chi connectivity index (χ0) is 13.0. The van der Waals surface area contributed by atoms with Crippen LogP contribution in [0.3, 0.4) is 0 Å². The van der Waals surface area contributed by atoms with Gasteiger partial charge in [-0.3, -0.25) is 4.72 Å². The molecule has 0 spiro atoms. The van der Waals surface area contributed by atoms with Crippen LogP contribution in [0.2, 0.25) is 0 Å². The molecule has 0 amide bonds. The average molecular weight is 266 g/mol. The van der Waals surface area contributed by atoms with Gasteiger partial charge in [-0.1, -0.05) is 12.1 Å². The predicted molar refractivity (Wildman–Crippen MR) is 67.7 cm³/mol. The van der Waals surface area contributed by atoms with E-state index in [2.05, 4.69) is 4.72 Å². The summed E-state index contributed by atoms with van der Waals surface area (Å²) in [5.41, 5.74) is 0.383. The Balaban J connectivity index is 2.10. The lowest BCUT2D eigenvalue weighted by atomic mass is 10.3. The minimum Gasteiger partial charge on any atom is -0.477 e. The second-order valence-corrected chi connectivity index (χ2v) is 6.04. The van der Waals surface area contributed by atoms with E-state index >= 15 is 0 Å². The van der Waals surface area contributed by atoms with Gasteiger partial charge in [-0.05, 0) is 30.9 Å². The normalized spacial score (nSPS) is 14.8. The van der Waals surface area contributed by atoms with Gasteiger partial charge in [-0.15, -0.1) is 0 Å². The first-order valence-electron chi connectivity index (χ1n) is 5.70. The zero-order valence-electron chi connectivity index (χ0n) is 9.80. The molecule has 0 aromatic heterocycles. The Morgan fingerprint density at radius 3 is 2.78 bits per heavy atom. The summed E-state index contributed by atoms with van der Waals surface area (Å²) in [6.07, 6.45) is 1.96. The molecule has 0 radical (unpaired) electrons. The first-order valence-corrected chi connectivity index (χ1v) is 7.35. The molecule has 0 bridgehead atoms. The quantitative estimate of drug-likeness (QED) is 0.850. The van der Waals surface area contributed by atoms with Crippen molar-refractivity contribution in [2.24, 2.45) is 5.92 Å². The van der Waals surface area contributed by atoms with Crippen molar-refractivity contribution in [1.82, 2.24) is 0 Å². The predicted octanol–water partition coefficient (Wildman–Crippen LogP) is 1.74. The number of anilines is 1. The maximum Gasteiger partial charge on any atom is 0.233 e. The Bertz CT molecular complexity index is 559. The van der Waals surface area contributed by atoms with Crippen molar-refractivity contribution < 1.29 is 13.2 Å². The van der Waals surface area contributed by atoms with Gasteiger partial charge in [-0.25, -0.2) is 8.42 Å². The topological polar surface area (TPSA) is 79.2 Å². The van der Waals surface area contributed by atoms with E-state index in [1.807, 2.05) is 6.07 Å². The number of nitriles is 1. The molecule has 1 aromatic carbocycles. The lowest BCUT2D eigenvalue weighted by Crippen LogP contribution is -2.18. The van der Waals surface area contributed by atoms with Gasteiger partial charge in [0.25, 0.3) is 0 Å². The highest BCUT2D eigenvalue weighted by molar-refractivity contribution is 7.92. The van der Waals surface area contributed by atoms with E-state index in [9.17, 15) is 8.42 Å². The number of nitrogens with zero attached hydrogens (tertiary/aromatic N) is 1. The molecule has 5 nitrogen and oxygen atoms in total. The second kappa shape index (κ2) is 5.27. The van der Waals surface area contributed by atoms with Gasteiger partial charge in [0.15, 0.2) is 6.61 Å². The van der Waals surface area contributed by atoms with Crippen molar-refractivity contribution in [3.05, 3.63) is 24.3 Å². The van der Waals surface area contributed by atoms with Crippen LogP contribution in [0.1, 0.15) is 12.8 Å². The molecular formula is C12H14N2O3S. The number of para-hydroxylation sites is 2. The highest BCUT2D eigenvalue weighted by Crippen LogP contribution is 2.32. The van der Waals surface area contributed by atoms with Crippen molar-refractivity contribution in [1.29, 1.82) is 5.26 Å². The smallest absolute Gasteiger partial charge is 0.233 e. The summed E-state index contributed by atoms with van der Waals surface area (Å²) in [6.45, 7) is -0.110. The lowest BCUT2D eigenvalue weighted by molar-refractivity contribution is 0.370. The molecule has 2 rings (SSSR count). The van der Waals surface area contributed by atoms with Crippen LogP contribution in [-0.4, -0.2) is 20.8 Å². The molecule has 1 aliphatic carbocycles. The molecule has 1 fully saturated rings. The summed E-state index contributed by atoms with van der Waals surface area (Å²) in [7, 11) is -3.33. The second-order valence-electron chi connectivity index (χ2n) is 4.27.